The molecule has 0 saturated heterocycles. The number of aromatic nitrogens is 2. The van der Waals surface area contributed by atoms with Crippen LogP contribution >= 0.6 is 11.6 Å². The number of nitrogens with one attached hydrogen (secondary N) is 1. The monoisotopic (exact) mass is 277 g/mol. The second-order valence-electron chi connectivity index (χ2n) is 4.45. The van der Waals surface area contributed by atoms with Gasteiger partial charge in [0.1, 0.15) is 5.75 Å². The molecule has 0 spiro atoms. The van der Waals surface area contributed by atoms with E-state index in [9.17, 15) is 4.79 Å². The normalized spacial score (nSPS) is 16.8. The molecule has 1 atom stereocenters. The molecule has 19 heavy (non-hydrogen) atoms. The molecule has 3 rings (SSSR count). The van der Waals surface area contributed by atoms with E-state index in [0.717, 1.165) is 11.3 Å². The van der Waals surface area contributed by atoms with Crippen molar-refractivity contribution in [2.75, 3.05) is 5.32 Å². The summed E-state index contributed by atoms with van der Waals surface area (Å²) in [5.41, 5.74) is 1.61. The summed E-state index contributed by atoms with van der Waals surface area (Å²) in [4.78, 5) is 12.1. The van der Waals surface area contributed by atoms with Crippen molar-refractivity contribution in [3.05, 3.63) is 41.2 Å². The predicted molar refractivity (Wildman–Crippen MR) is 71.4 cm³/mol. The molecule has 6 heteroatoms. The van der Waals surface area contributed by atoms with Crippen LogP contribution in [-0.2, 0) is 18.3 Å². The van der Waals surface area contributed by atoms with E-state index in [1.807, 2.05) is 6.07 Å². The molecule has 1 unspecified atom stereocenters. The standard InChI is InChI=1S/C13H12ClN3O2/c1-17-7-10(6-15-17)16-13(18)12-5-8-4-9(14)2-3-11(8)19-12/h2-4,6-7,12H,5H2,1H3,(H,16,18). The lowest BCUT2D eigenvalue weighted by Gasteiger charge is -2.09. The zero-order chi connectivity index (χ0) is 13.4. The molecule has 0 fully saturated rings. The zero-order valence-electron chi connectivity index (χ0n) is 10.3. The summed E-state index contributed by atoms with van der Waals surface area (Å²) >= 11 is 5.92. The quantitative estimate of drug-likeness (QED) is 0.914. The molecule has 0 radical (unpaired) electrons. The van der Waals surface area contributed by atoms with Crippen LogP contribution in [0.25, 0.3) is 0 Å². The Hall–Kier alpha value is -2.01. The summed E-state index contributed by atoms with van der Waals surface area (Å²) in [6.07, 6.45) is 3.34. The predicted octanol–water partition coefficient (Wildman–Crippen LogP) is 2.02. The highest BCUT2D eigenvalue weighted by molar-refractivity contribution is 6.30. The fourth-order valence-electron chi connectivity index (χ4n) is 2.07. The third-order valence-corrected chi connectivity index (χ3v) is 3.20. The van der Waals surface area contributed by atoms with Crippen molar-refractivity contribution in [2.24, 2.45) is 7.05 Å². The maximum absolute atomic E-state index is 12.1. The van der Waals surface area contributed by atoms with Crippen LogP contribution in [-0.4, -0.2) is 21.8 Å². The summed E-state index contributed by atoms with van der Waals surface area (Å²) in [7, 11) is 1.79. The first-order valence-corrected chi connectivity index (χ1v) is 6.24. The summed E-state index contributed by atoms with van der Waals surface area (Å²) in [5.74, 6) is 0.538. The molecule has 1 N–H and O–H groups in total. The molecular formula is C13H12ClN3O2. The SMILES string of the molecule is Cn1cc(NC(=O)C2Cc3cc(Cl)ccc3O2)cn1. The molecule has 0 bridgehead atoms. The fraction of sp³-hybridized carbons (Fsp3) is 0.231. The molecular weight excluding hydrogens is 266 g/mol. The number of rotatable bonds is 2. The summed E-state index contributed by atoms with van der Waals surface area (Å²) in [6, 6.07) is 5.37. The zero-order valence-corrected chi connectivity index (χ0v) is 11.0. The van der Waals surface area contributed by atoms with E-state index < -0.39 is 6.10 Å². The van der Waals surface area contributed by atoms with Crippen LogP contribution < -0.4 is 10.1 Å². The molecule has 5 nitrogen and oxygen atoms in total. The van der Waals surface area contributed by atoms with Crippen LogP contribution in [0.5, 0.6) is 5.75 Å². The third-order valence-electron chi connectivity index (χ3n) is 2.96. The van der Waals surface area contributed by atoms with E-state index in [1.165, 1.54) is 0 Å². The van der Waals surface area contributed by atoms with Gasteiger partial charge in [-0.15, -0.1) is 0 Å². The Bertz CT molecular complexity index is 639. The van der Waals surface area contributed by atoms with Crippen LogP contribution in [0.4, 0.5) is 5.69 Å². The lowest BCUT2D eigenvalue weighted by Crippen LogP contribution is -2.31. The number of benzene rings is 1. The van der Waals surface area contributed by atoms with Gasteiger partial charge in [-0.2, -0.15) is 5.10 Å². The van der Waals surface area contributed by atoms with Crippen molar-refractivity contribution in [2.45, 2.75) is 12.5 Å². The van der Waals surface area contributed by atoms with Gasteiger partial charge >= 0.3 is 0 Å². The topological polar surface area (TPSA) is 56.2 Å². The van der Waals surface area contributed by atoms with Gasteiger partial charge in [0.2, 0.25) is 0 Å². The lowest BCUT2D eigenvalue weighted by atomic mass is 10.1. The number of fused-ring (bicyclic) bond motifs is 1. The number of amides is 1. The van der Waals surface area contributed by atoms with Crippen LogP contribution in [0.2, 0.25) is 5.02 Å². The van der Waals surface area contributed by atoms with Gasteiger partial charge in [0, 0.05) is 24.7 Å². The van der Waals surface area contributed by atoms with Gasteiger partial charge in [-0.1, -0.05) is 11.6 Å². The summed E-state index contributed by atoms with van der Waals surface area (Å²) in [6.45, 7) is 0. The van der Waals surface area contributed by atoms with Gasteiger partial charge in [-0.3, -0.25) is 9.48 Å². The number of aryl methyl sites for hydroxylation is 1. The smallest absolute Gasteiger partial charge is 0.265 e. The molecule has 1 aliphatic heterocycles. The number of carbonyl (C=O) groups is 1. The fourth-order valence-corrected chi connectivity index (χ4v) is 2.27. The van der Waals surface area contributed by atoms with E-state index in [4.69, 9.17) is 16.3 Å². The van der Waals surface area contributed by atoms with Crippen molar-refractivity contribution in [3.8, 4) is 5.75 Å². The van der Waals surface area contributed by atoms with Crippen molar-refractivity contribution in [3.63, 3.8) is 0 Å². The Labute approximate surface area is 115 Å². The van der Waals surface area contributed by atoms with Crippen LogP contribution in [0.3, 0.4) is 0 Å². The van der Waals surface area contributed by atoms with Crippen molar-refractivity contribution in [1.82, 2.24) is 9.78 Å². The number of nitrogens with zero attached hydrogens (tertiary/aromatic N) is 2. The lowest BCUT2D eigenvalue weighted by molar-refractivity contribution is -0.122. The Morgan fingerprint density at radius 1 is 1.58 bits per heavy atom. The molecule has 1 aromatic heterocycles. The highest BCUT2D eigenvalue weighted by Crippen LogP contribution is 2.31. The van der Waals surface area contributed by atoms with E-state index in [1.54, 1.807) is 36.3 Å². The van der Waals surface area contributed by atoms with E-state index in [2.05, 4.69) is 10.4 Å². The summed E-state index contributed by atoms with van der Waals surface area (Å²) < 4.78 is 7.23. The highest BCUT2D eigenvalue weighted by atomic mass is 35.5. The number of hydrogen-bond donors (Lipinski definition) is 1. The molecule has 2 aromatic rings. The van der Waals surface area contributed by atoms with Crippen molar-refractivity contribution < 1.29 is 9.53 Å². The second-order valence-corrected chi connectivity index (χ2v) is 4.89. The molecule has 1 amide bonds. The number of carbonyl (C=O) groups excluding carboxylic acids is 1. The molecule has 0 aliphatic carbocycles. The summed E-state index contributed by atoms with van der Waals surface area (Å²) in [5, 5.41) is 7.41. The van der Waals surface area contributed by atoms with Crippen LogP contribution in [0.1, 0.15) is 5.56 Å². The van der Waals surface area contributed by atoms with Gasteiger partial charge in [-0.05, 0) is 23.8 Å². The maximum Gasteiger partial charge on any atom is 0.265 e. The highest BCUT2D eigenvalue weighted by Gasteiger charge is 2.29. The average Bonchev–Trinajstić information content (AvgIpc) is 2.95. The van der Waals surface area contributed by atoms with Gasteiger partial charge < -0.3 is 10.1 Å². The molecule has 2 heterocycles. The Morgan fingerprint density at radius 3 is 3.16 bits per heavy atom. The first-order valence-electron chi connectivity index (χ1n) is 5.86. The van der Waals surface area contributed by atoms with Gasteiger partial charge in [0.05, 0.1) is 11.9 Å². The van der Waals surface area contributed by atoms with Gasteiger partial charge in [-0.25, -0.2) is 0 Å². The van der Waals surface area contributed by atoms with E-state index in [-0.39, 0.29) is 5.91 Å². The first-order chi connectivity index (χ1) is 9.11. The van der Waals surface area contributed by atoms with Crippen LogP contribution in [0.15, 0.2) is 30.6 Å². The molecule has 98 valence electrons. The molecule has 0 saturated carbocycles. The van der Waals surface area contributed by atoms with E-state index in [0.29, 0.717) is 17.1 Å². The average molecular weight is 278 g/mol. The van der Waals surface area contributed by atoms with Crippen molar-refractivity contribution in [1.29, 1.82) is 0 Å². The Morgan fingerprint density at radius 2 is 2.42 bits per heavy atom. The third kappa shape index (κ3) is 2.42. The first kappa shape index (κ1) is 12.0. The largest absolute Gasteiger partial charge is 0.480 e. The second kappa shape index (κ2) is 4.59. The molecule has 1 aromatic carbocycles. The Kier molecular flexibility index (Phi) is 2.91. The van der Waals surface area contributed by atoms with Gasteiger partial charge in [0.15, 0.2) is 6.10 Å². The minimum absolute atomic E-state index is 0.180. The minimum atomic E-state index is -0.520. The van der Waals surface area contributed by atoms with E-state index >= 15 is 0 Å². The molecule has 1 aliphatic rings. The van der Waals surface area contributed by atoms with Crippen LogP contribution in [0, 0.1) is 0 Å². The number of ether oxygens (including phenoxy) is 1. The minimum Gasteiger partial charge on any atom is -0.480 e. The van der Waals surface area contributed by atoms with Crippen molar-refractivity contribution >= 4 is 23.2 Å². The number of anilines is 1. The number of halogens is 1. The van der Waals surface area contributed by atoms with Gasteiger partial charge in [0.25, 0.3) is 5.91 Å². The Balaban J connectivity index is 1.70. The maximum atomic E-state index is 12.1. The number of hydrogen-bond acceptors (Lipinski definition) is 3.